The number of hydrogen-bond acceptors (Lipinski definition) is 3. The molecule has 0 spiro atoms. The first-order valence-electron chi connectivity index (χ1n) is 5.67. The molecule has 2 rings (SSSR count). The number of nitrogens with zero attached hydrogens (tertiary/aromatic N) is 2. The van der Waals surface area contributed by atoms with Gasteiger partial charge in [-0.05, 0) is 44.7 Å². The Labute approximate surface area is 91.3 Å². The van der Waals surface area contributed by atoms with E-state index in [1.54, 1.807) is 6.20 Å². The van der Waals surface area contributed by atoms with Crippen molar-refractivity contribution in [2.45, 2.75) is 39.2 Å². The number of aromatic nitrogens is 1. The fraction of sp³-hybridized carbons (Fsp3) is 0.583. The van der Waals surface area contributed by atoms with Crippen LogP contribution in [-0.2, 0) is 0 Å². The Kier molecular flexibility index (Phi) is 2.80. The van der Waals surface area contributed by atoms with Crippen LogP contribution >= 0.6 is 0 Å². The standard InChI is InChI=1S/C12H19N3/c1-9-7-12(14-8-11(9)13)15-6-4-3-5-10(15)2/h7-8,10H,3-6,13H2,1-2H3. The fourth-order valence-electron chi connectivity index (χ4n) is 2.15. The van der Waals surface area contributed by atoms with Crippen molar-refractivity contribution in [2.75, 3.05) is 17.2 Å². The van der Waals surface area contributed by atoms with E-state index in [9.17, 15) is 0 Å². The minimum atomic E-state index is 0.606. The van der Waals surface area contributed by atoms with E-state index in [0.717, 1.165) is 23.6 Å². The maximum absolute atomic E-state index is 5.77. The highest BCUT2D eigenvalue weighted by atomic mass is 15.2. The van der Waals surface area contributed by atoms with Gasteiger partial charge >= 0.3 is 0 Å². The molecular formula is C12H19N3. The summed E-state index contributed by atoms with van der Waals surface area (Å²) in [4.78, 5) is 6.80. The van der Waals surface area contributed by atoms with Gasteiger partial charge in [0.25, 0.3) is 0 Å². The molecule has 1 aliphatic heterocycles. The second-order valence-electron chi connectivity index (χ2n) is 4.44. The van der Waals surface area contributed by atoms with Crippen LogP contribution in [0.25, 0.3) is 0 Å². The van der Waals surface area contributed by atoms with E-state index in [0.29, 0.717) is 6.04 Å². The molecule has 1 fully saturated rings. The van der Waals surface area contributed by atoms with Crippen LogP contribution in [0.1, 0.15) is 31.7 Å². The first-order valence-corrected chi connectivity index (χ1v) is 5.67. The number of aryl methyl sites for hydroxylation is 1. The smallest absolute Gasteiger partial charge is 0.129 e. The van der Waals surface area contributed by atoms with Gasteiger partial charge in [-0.25, -0.2) is 4.98 Å². The van der Waals surface area contributed by atoms with Crippen LogP contribution in [-0.4, -0.2) is 17.6 Å². The Morgan fingerprint density at radius 1 is 1.47 bits per heavy atom. The van der Waals surface area contributed by atoms with Gasteiger partial charge in [-0.3, -0.25) is 0 Å². The molecule has 0 radical (unpaired) electrons. The highest BCUT2D eigenvalue weighted by molar-refractivity contribution is 5.52. The molecule has 3 nitrogen and oxygen atoms in total. The number of nitrogens with two attached hydrogens (primary N) is 1. The molecule has 0 aliphatic carbocycles. The zero-order valence-electron chi connectivity index (χ0n) is 9.53. The molecule has 15 heavy (non-hydrogen) atoms. The number of anilines is 2. The van der Waals surface area contributed by atoms with Crippen LogP contribution in [0, 0.1) is 6.92 Å². The van der Waals surface area contributed by atoms with E-state index >= 15 is 0 Å². The van der Waals surface area contributed by atoms with Crippen molar-refractivity contribution in [3.05, 3.63) is 17.8 Å². The Bertz CT molecular complexity index is 349. The Hall–Kier alpha value is -1.25. The van der Waals surface area contributed by atoms with E-state index in [2.05, 4.69) is 22.9 Å². The first-order chi connectivity index (χ1) is 7.18. The topological polar surface area (TPSA) is 42.2 Å². The molecule has 0 saturated carbocycles. The molecule has 3 heteroatoms. The molecule has 2 N–H and O–H groups in total. The predicted octanol–water partition coefficient (Wildman–Crippen LogP) is 2.35. The summed E-state index contributed by atoms with van der Waals surface area (Å²) in [6, 6.07) is 2.70. The van der Waals surface area contributed by atoms with Gasteiger partial charge in [0.15, 0.2) is 0 Å². The lowest BCUT2D eigenvalue weighted by atomic mass is 10.0. The normalized spacial score (nSPS) is 21.7. The van der Waals surface area contributed by atoms with Gasteiger partial charge < -0.3 is 10.6 Å². The summed E-state index contributed by atoms with van der Waals surface area (Å²) in [5, 5.41) is 0. The number of piperidine rings is 1. The minimum absolute atomic E-state index is 0.606. The highest BCUT2D eigenvalue weighted by Gasteiger charge is 2.19. The lowest BCUT2D eigenvalue weighted by Gasteiger charge is -2.34. The highest BCUT2D eigenvalue weighted by Crippen LogP contribution is 2.24. The summed E-state index contributed by atoms with van der Waals surface area (Å²) < 4.78 is 0. The fourth-order valence-corrected chi connectivity index (χ4v) is 2.15. The van der Waals surface area contributed by atoms with Gasteiger partial charge in [0.2, 0.25) is 0 Å². The Morgan fingerprint density at radius 2 is 2.27 bits per heavy atom. The zero-order valence-corrected chi connectivity index (χ0v) is 9.53. The van der Waals surface area contributed by atoms with Crippen molar-refractivity contribution in [1.82, 2.24) is 4.98 Å². The number of rotatable bonds is 1. The molecule has 82 valence electrons. The Morgan fingerprint density at radius 3 is 2.93 bits per heavy atom. The molecule has 1 saturated heterocycles. The van der Waals surface area contributed by atoms with E-state index in [4.69, 9.17) is 5.73 Å². The van der Waals surface area contributed by atoms with Crippen LogP contribution in [0.4, 0.5) is 11.5 Å². The van der Waals surface area contributed by atoms with Crippen molar-refractivity contribution in [3.8, 4) is 0 Å². The number of nitrogen functional groups attached to an aromatic ring is 1. The number of pyridine rings is 1. The molecule has 1 aromatic rings. The second kappa shape index (κ2) is 4.09. The third-order valence-electron chi connectivity index (χ3n) is 3.23. The number of hydrogen-bond donors (Lipinski definition) is 1. The van der Waals surface area contributed by atoms with Crippen molar-refractivity contribution in [2.24, 2.45) is 0 Å². The molecule has 0 bridgehead atoms. The van der Waals surface area contributed by atoms with Crippen LogP contribution in [0.3, 0.4) is 0 Å². The van der Waals surface area contributed by atoms with Crippen molar-refractivity contribution < 1.29 is 0 Å². The summed E-state index contributed by atoms with van der Waals surface area (Å²) in [6.45, 7) is 5.43. The van der Waals surface area contributed by atoms with Crippen LogP contribution in [0.15, 0.2) is 12.3 Å². The Balaban J connectivity index is 2.24. The molecule has 1 aromatic heterocycles. The monoisotopic (exact) mass is 205 g/mol. The van der Waals surface area contributed by atoms with Gasteiger partial charge in [0, 0.05) is 12.6 Å². The van der Waals surface area contributed by atoms with Crippen molar-refractivity contribution in [3.63, 3.8) is 0 Å². The molecular weight excluding hydrogens is 186 g/mol. The summed E-state index contributed by atoms with van der Waals surface area (Å²) in [6.07, 6.45) is 5.65. The van der Waals surface area contributed by atoms with E-state index in [1.807, 2.05) is 6.92 Å². The maximum Gasteiger partial charge on any atom is 0.129 e. The molecule has 1 atom stereocenters. The van der Waals surface area contributed by atoms with Gasteiger partial charge in [0.1, 0.15) is 5.82 Å². The van der Waals surface area contributed by atoms with Gasteiger partial charge in [-0.2, -0.15) is 0 Å². The first kappa shape index (κ1) is 10.3. The van der Waals surface area contributed by atoms with Crippen LogP contribution in [0.2, 0.25) is 0 Å². The second-order valence-corrected chi connectivity index (χ2v) is 4.44. The average molecular weight is 205 g/mol. The van der Waals surface area contributed by atoms with Crippen LogP contribution in [0.5, 0.6) is 0 Å². The summed E-state index contributed by atoms with van der Waals surface area (Å²) >= 11 is 0. The third-order valence-corrected chi connectivity index (χ3v) is 3.23. The summed E-state index contributed by atoms with van der Waals surface area (Å²) in [5.41, 5.74) is 7.68. The van der Waals surface area contributed by atoms with E-state index in [1.165, 1.54) is 19.3 Å². The zero-order chi connectivity index (χ0) is 10.8. The van der Waals surface area contributed by atoms with Gasteiger partial charge in [-0.15, -0.1) is 0 Å². The predicted molar refractivity (Wildman–Crippen MR) is 64.0 cm³/mol. The average Bonchev–Trinajstić information content (AvgIpc) is 2.23. The van der Waals surface area contributed by atoms with E-state index in [-0.39, 0.29) is 0 Å². The molecule has 2 heterocycles. The van der Waals surface area contributed by atoms with Gasteiger partial charge in [-0.1, -0.05) is 0 Å². The molecule has 0 amide bonds. The van der Waals surface area contributed by atoms with Crippen molar-refractivity contribution >= 4 is 11.5 Å². The van der Waals surface area contributed by atoms with E-state index < -0.39 is 0 Å². The summed E-state index contributed by atoms with van der Waals surface area (Å²) in [5.74, 6) is 1.08. The molecule has 1 aliphatic rings. The minimum Gasteiger partial charge on any atom is -0.397 e. The third kappa shape index (κ3) is 2.06. The summed E-state index contributed by atoms with van der Waals surface area (Å²) in [7, 11) is 0. The quantitative estimate of drug-likeness (QED) is 0.765. The lowest BCUT2D eigenvalue weighted by Crippen LogP contribution is -2.38. The maximum atomic E-state index is 5.77. The molecule has 1 unspecified atom stereocenters. The lowest BCUT2D eigenvalue weighted by molar-refractivity contribution is 0.481. The molecule has 0 aromatic carbocycles. The van der Waals surface area contributed by atoms with Gasteiger partial charge in [0.05, 0.1) is 11.9 Å². The van der Waals surface area contributed by atoms with Crippen molar-refractivity contribution in [1.29, 1.82) is 0 Å². The van der Waals surface area contributed by atoms with Crippen LogP contribution < -0.4 is 10.6 Å². The largest absolute Gasteiger partial charge is 0.397 e. The SMILES string of the molecule is Cc1cc(N2CCCCC2C)ncc1N.